The minimum Gasteiger partial charge on any atom is -0.347 e. The molecule has 86 valence electrons. The molecule has 0 unspecified atom stereocenters. The fraction of sp³-hybridized carbons (Fsp3) is 0.214. The summed E-state index contributed by atoms with van der Waals surface area (Å²) in [5.41, 5.74) is 5.19. The largest absolute Gasteiger partial charge is 0.347 e. The molecule has 0 aliphatic rings. The van der Waals surface area contributed by atoms with Gasteiger partial charge in [0.1, 0.15) is 6.07 Å². The van der Waals surface area contributed by atoms with Crippen LogP contribution in [0.4, 0.5) is 0 Å². The summed E-state index contributed by atoms with van der Waals surface area (Å²) in [6, 6.07) is 10.4. The SMILES string of the molecule is Cc1ccc(Br)cc1-c1cc(C#N)c(C)n1C. The summed E-state index contributed by atoms with van der Waals surface area (Å²) in [6.45, 7) is 4.05. The highest BCUT2D eigenvalue weighted by atomic mass is 79.9. The molecular weight excluding hydrogens is 276 g/mol. The highest BCUT2D eigenvalue weighted by molar-refractivity contribution is 9.10. The Morgan fingerprint density at radius 2 is 1.94 bits per heavy atom. The molecule has 0 fully saturated rings. The number of aromatic nitrogens is 1. The number of halogens is 1. The molecule has 1 aromatic heterocycles. The molecule has 0 atom stereocenters. The molecule has 1 aromatic carbocycles. The van der Waals surface area contributed by atoms with Gasteiger partial charge in [-0.05, 0) is 37.6 Å². The second kappa shape index (κ2) is 4.38. The van der Waals surface area contributed by atoms with E-state index in [4.69, 9.17) is 5.26 Å². The third-order valence-corrected chi connectivity index (χ3v) is 3.62. The monoisotopic (exact) mass is 288 g/mol. The summed E-state index contributed by atoms with van der Waals surface area (Å²) >= 11 is 3.49. The number of nitrogens with zero attached hydrogens (tertiary/aromatic N) is 2. The number of hydrogen-bond donors (Lipinski definition) is 0. The van der Waals surface area contributed by atoms with Crippen LogP contribution in [0, 0.1) is 25.2 Å². The molecule has 0 saturated carbocycles. The van der Waals surface area contributed by atoms with Gasteiger partial charge in [-0.15, -0.1) is 0 Å². The first-order valence-corrected chi connectivity index (χ1v) is 6.17. The molecule has 2 nitrogen and oxygen atoms in total. The minimum absolute atomic E-state index is 0.738. The van der Waals surface area contributed by atoms with Crippen LogP contribution in [-0.4, -0.2) is 4.57 Å². The van der Waals surface area contributed by atoms with Gasteiger partial charge in [0.2, 0.25) is 0 Å². The molecule has 0 N–H and O–H groups in total. The Kier molecular flexibility index (Phi) is 3.08. The highest BCUT2D eigenvalue weighted by Crippen LogP contribution is 2.29. The van der Waals surface area contributed by atoms with E-state index >= 15 is 0 Å². The molecule has 0 spiro atoms. The zero-order chi connectivity index (χ0) is 12.6. The predicted octanol–water partition coefficient (Wildman–Crippen LogP) is 3.94. The average Bonchev–Trinajstić information content (AvgIpc) is 2.59. The van der Waals surface area contributed by atoms with Crippen molar-refractivity contribution in [1.82, 2.24) is 4.57 Å². The summed E-state index contributed by atoms with van der Waals surface area (Å²) in [5, 5.41) is 9.05. The normalized spacial score (nSPS) is 10.3. The van der Waals surface area contributed by atoms with Crippen LogP contribution in [0.25, 0.3) is 11.3 Å². The van der Waals surface area contributed by atoms with E-state index in [0.717, 1.165) is 27.0 Å². The van der Waals surface area contributed by atoms with Crippen LogP contribution in [0.3, 0.4) is 0 Å². The van der Waals surface area contributed by atoms with Crippen LogP contribution in [0.1, 0.15) is 16.8 Å². The first-order valence-electron chi connectivity index (χ1n) is 5.37. The predicted molar refractivity (Wildman–Crippen MR) is 72.7 cm³/mol. The molecule has 17 heavy (non-hydrogen) atoms. The van der Waals surface area contributed by atoms with Crippen molar-refractivity contribution in [1.29, 1.82) is 5.26 Å². The Hall–Kier alpha value is -1.53. The Morgan fingerprint density at radius 1 is 1.24 bits per heavy atom. The Morgan fingerprint density at radius 3 is 2.53 bits per heavy atom. The standard InChI is InChI=1S/C14H13BrN2/c1-9-4-5-12(15)7-13(9)14-6-11(8-16)10(2)17(14)3/h4-7H,1-3H3. The van der Waals surface area contributed by atoms with Crippen LogP contribution in [0.5, 0.6) is 0 Å². The zero-order valence-corrected chi connectivity index (χ0v) is 11.7. The first-order chi connectivity index (χ1) is 8.04. The van der Waals surface area contributed by atoms with Crippen molar-refractivity contribution in [2.24, 2.45) is 7.05 Å². The van der Waals surface area contributed by atoms with Gasteiger partial charge >= 0.3 is 0 Å². The number of benzene rings is 1. The van der Waals surface area contributed by atoms with E-state index < -0.39 is 0 Å². The van der Waals surface area contributed by atoms with E-state index in [-0.39, 0.29) is 0 Å². The maximum absolute atomic E-state index is 9.05. The van der Waals surface area contributed by atoms with Crippen molar-refractivity contribution in [2.45, 2.75) is 13.8 Å². The highest BCUT2D eigenvalue weighted by Gasteiger charge is 2.12. The lowest BCUT2D eigenvalue weighted by atomic mass is 10.1. The summed E-state index contributed by atoms with van der Waals surface area (Å²) in [7, 11) is 1.99. The van der Waals surface area contributed by atoms with Gasteiger partial charge < -0.3 is 4.57 Å². The van der Waals surface area contributed by atoms with Gasteiger partial charge in [-0.1, -0.05) is 22.0 Å². The molecule has 2 aromatic rings. The van der Waals surface area contributed by atoms with Crippen LogP contribution < -0.4 is 0 Å². The molecule has 2 rings (SSSR count). The third-order valence-electron chi connectivity index (χ3n) is 3.13. The quantitative estimate of drug-likeness (QED) is 0.781. The molecule has 0 aliphatic carbocycles. The fourth-order valence-electron chi connectivity index (χ4n) is 1.94. The van der Waals surface area contributed by atoms with Crippen LogP contribution in [-0.2, 0) is 7.05 Å². The molecule has 3 heteroatoms. The second-order valence-corrected chi connectivity index (χ2v) is 5.07. The van der Waals surface area contributed by atoms with Gasteiger partial charge in [-0.2, -0.15) is 5.26 Å². The maximum atomic E-state index is 9.05. The minimum atomic E-state index is 0.738. The Labute approximate surface area is 110 Å². The van der Waals surface area contributed by atoms with Gasteiger partial charge in [0.25, 0.3) is 0 Å². The van der Waals surface area contributed by atoms with Crippen molar-refractivity contribution >= 4 is 15.9 Å². The molecule has 0 amide bonds. The smallest absolute Gasteiger partial charge is 0.101 e. The molecule has 1 heterocycles. The second-order valence-electron chi connectivity index (χ2n) is 4.16. The van der Waals surface area contributed by atoms with Crippen LogP contribution in [0.2, 0.25) is 0 Å². The summed E-state index contributed by atoms with van der Waals surface area (Å²) in [5.74, 6) is 0. The molecule has 0 saturated heterocycles. The van der Waals surface area contributed by atoms with Crippen molar-refractivity contribution in [3.8, 4) is 17.3 Å². The van der Waals surface area contributed by atoms with E-state index in [1.807, 2.05) is 26.1 Å². The summed E-state index contributed by atoms with van der Waals surface area (Å²) in [6.07, 6.45) is 0. The van der Waals surface area contributed by atoms with Gasteiger partial charge in [0.05, 0.1) is 5.56 Å². The first kappa shape index (κ1) is 11.9. The lowest BCUT2D eigenvalue weighted by Crippen LogP contribution is -1.95. The number of rotatable bonds is 1. The van der Waals surface area contributed by atoms with Crippen LogP contribution in [0.15, 0.2) is 28.7 Å². The molecular formula is C14H13BrN2. The molecule has 0 radical (unpaired) electrons. The van der Waals surface area contributed by atoms with Gasteiger partial charge in [-0.25, -0.2) is 0 Å². The van der Waals surface area contributed by atoms with Crippen molar-refractivity contribution in [3.05, 3.63) is 45.6 Å². The molecule has 0 bridgehead atoms. The van der Waals surface area contributed by atoms with E-state index in [9.17, 15) is 0 Å². The lowest BCUT2D eigenvalue weighted by molar-refractivity contribution is 0.887. The topological polar surface area (TPSA) is 28.7 Å². The van der Waals surface area contributed by atoms with Crippen molar-refractivity contribution in [2.75, 3.05) is 0 Å². The van der Waals surface area contributed by atoms with Crippen LogP contribution >= 0.6 is 15.9 Å². The van der Waals surface area contributed by atoms with Crippen molar-refractivity contribution in [3.63, 3.8) is 0 Å². The maximum Gasteiger partial charge on any atom is 0.101 e. The van der Waals surface area contributed by atoms with E-state index in [1.54, 1.807) is 0 Å². The number of aryl methyl sites for hydroxylation is 1. The number of hydrogen-bond acceptors (Lipinski definition) is 1. The summed E-state index contributed by atoms with van der Waals surface area (Å²) < 4.78 is 3.11. The van der Waals surface area contributed by atoms with Gasteiger partial charge in [-0.3, -0.25) is 0 Å². The van der Waals surface area contributed by atoms with Gasteiger partial charge in [0.15, 0.2) is 0 Å². The number of nitriles is 1. The van der Waals surface area contributed by atoms with Crippen molar-refractivity contribution < 1.29 is 0 Å². The molecule has 0 aliphatic heterocycles. The average molecular weight is 289 g/mol. The Balaban J connectivity index is 2.69. The van der Waals surface area contributed by atoms with E-state index in [1.165, 1.54) is 5.56 Å². The van der Waals surface area contributed by atoms with Gasteiger partial charge in [0, 0.05) is 28.5 Å². The fourth-order valence-corrected chi connectivity index (χ4v) is 2.30. The van der Waals surface area contributed by atoms with E-state index in [2.05, 4.69) is 45.6 Å². The Bertz CT molecular complexity index is 618. The summed E-state index contributed by atoms with van der Waals surface area (Å²) in [4.78, 5) is 0. The lowest BCUT2D eigenvalue weighted by Gasteiger charge is -2.08. The third kappa shape index (κ3) is 2.01. The zero-order valence-electron chi connectivity index (χ0n) is 10.1. The van der Waals surface area contributed by atoms with E-state index in [0.29, 0.717) is 0 Å².